The fourth-order valence-corrected chi connectivity index (χ4v) is 5.84. The van der Waals surface area contributed by atoms with Gasteiger partial charge in [0.05, 0.1) is 24.9 Å². The molecule has 2 aliphatic heterocycles. The molecule has 5 nitrogen and oxygen atoms in total. The lowest BCUT2D eigenvalue weighted by Gasteiger charge is -2.42. The van der Waals surface area contributed by atoms with Crippen molar-refractivity contribution >= 4 is 28.8 Å². The molecule has 1 aliphatic carbocycles. The van der Waals surface area contributed by atoms with E-state index in [9.17, 15) is 9.90 Å². The average molecular weight is 481 g/mol. The predicted octanol–water partition coefficient (Wildman–Crippen LogP) is 4.66. The highest BCUT2D eigenvalue weighted by molar-refractivity contribution is 6.27. The molecule has 0 unspecified atom stereocenters. The number of aliphatic hydroxyl groups is 1. The third-order valence-corrected chi connectivity index (χ3v) is 7.71. The summed E-state index contributed by atoms with van der Waals surface area (Å²) < 4.78 is 5.49. The lowest BCUT2D eigenvalue weighted by Crippen LogP contribution is -2.45. The average Bonchev–Trinajstić information content (AvgIpc) is 3.20. The molecule has 34 heavy (non-hydrogen) atoms. The minimum absolute atomic E-state index is 0.0227. The molecule has 0 bridgehead atoms. The van der Waals surface area contributed by atoms with Crippen LogP contribution in [-0.2, 0) is 21.6 Å². The smallest absolute Gasteiger partial charge is 0.238 e. The van der Waals surface area contributed by atoms with Gasteiger partial charge in [-0.3, -0.25) is 4.79 Å². The molecule has 1 fully saturated rings. The van der Waals surface area contributed by atoms with Crippen LogP contribution in [0.15, 0.2) is 48.0 Å². The van der Waals surface area contributed by atoms with Gasteiger partial charge in [-0.05, 0) is 85.2 Å². The van der Waals surface area contributed by atoms with E-state index < -0.39 is 5.60 Å². The lowest BCUT2D eigenvalue weighted by atomic mass is 9.84. The largest absolute Gasteiger partial charge is 0.386 e. The number of halogens is 1. The normalized spacial score (nSPS) is 22.6. The highest BCUT2D eigenvalue weighted by Gasteiger charge is 2.41. The predicted molar refractivity (Wildman–Crippen MR) is 136 cm³/mol. The standard InChI is InChI=1S/C28H33ClN2O3/c1-18-14-24-23-16-21(28(2,3)33)7-4-20(23)15-25(24)27(31(18)26(32)17-29)19-5-8-22(9-6-19)30-10-12-34-13-11-30/h4-9,16,18,27,33H,10-15,17H2,1-3H3/t18-,27-/m0/s1. The first kappa shape index (κ1) is 23.4. The van der Waals surface area contributed by atoms with E-state index in [0.717, 1.165) is 50.3 Å². The molecule has 5 rings (SSSR count). The van der Waals surface area contributed by atoms with Gasteiger partial charge in [0, 0.05) is 24.8 Å². The highest BCUT2D eigenvalue weighted by atomic mass is 35.5. The van der Waals surface area contributed by atoms with Gasteiger partial charge in [0.2, 0.25) is 5.91 Å². The summed E-state index contributed by atoms with van der Waals surface area (Å²) in [5, 5.41) is 10.6. The number of alkyl halides is 1. The minimum atomic E-state index is -0.895. The van der Waals surface area contributed by atoms with Crippen molar-refractivity contribution in [1.29, 1.82) is 0 Å². The van der Waals surface area contributed by atoms with Crippen LogP contribution in [0.2, 0.25) is 0 Å². The molecule has 0 saturated carbocycles. The molecule has 0 radical (unpaired) electrons. The summed E-state index contributed by atoms with van der Waals surface area (Å²) in [5.74, 6) is -0.0541. The van der Waals surface area contributed by atoms with Crippen LogP contribution >= 0.6 is 11.6 Å². The molecular formula is C28H33ClN2O3. The molecule has 2 aromatic carbocycles. The summed E-state index contributed by atoms with van der Waals surface area (Å²) in [6.45, 7) is 9.04. The van der Waals surface area contributed by atoms with Gasteiger partial charge in [-0.2, -0.15) is 0 Å². The number of nitrogens with zero attached hydrogens (tertiary/aromatic N) is 2. The topological polar surface area (TPSA) is 53.0 Å². The molecule has 2 atom stereocenters. The quantitative estimate of drug-likeness (QED) is 0.646. The first-order chi connectivity index (χ1) is 16.3. The molecule has 180 valence electrons. The number of benzene rings is 2. The Labute approximate surface area is 207 Å². The Morgan fingerprint density at radius 3 is 2.50 bits per heavy atom. The molecule has 0 aromatic heterocycles. The van der Waals surface area contributed by atoms with Crippen molar-refractivity contribution in [1.82, 2.24) is 4.90 Å². The van der Waals surface area contributed by atoms with Crippen LogP contribution in [0.5, 0.6) is 0 Å². The van der Waals surface area contributed by atoms with Gasteiger partial charge >= 0.3 is 0 Å². The third kappa shape index (κ3) is 4.15. The van der Waals surface area contributed by atoms with Gasteiger partial charge < -0.3 is 19.6 Å². The van der Waals surface area contributed by atoms with E-state index in [-0.39, 0.29) is 23.9 Å². The van der Waals surface area contributed by atoms with E-state index in [2.05, 4.69) is 48.2 Å². The van der Waals surface area contributed by atoms with Gasteiger partial charge in [0.25, 0.3) is 0 Å². The van der Waals surface area contributed by atoms with Crippen LogP contribution in [0.3, 0.4) is 0 Å². The second-order valence-corrected chi connectivity index (χ2v) is 10.5. The maximum Gasteiger partial charge on any atom is 0.238 e. The molecule has 6 heteroatoms. The fraction of sp³-hybridized carbons (Fsp3) is 0.464. The molecule has 1 amide bonds. The van der Waals surface area contributed by atoms with E-state index in [1.807, 2.05) is 24.8 Å². The lowest BCUT2D eigenvalue weighted by molar-refractivity contribution is -0.132. The summed E-state index contributed by atoms with van der Waals surface area (Å²) >= 11 is 6.08. The Bertz CT molecular complexity index is 1110. The number of carbonyl (C=O) groups is 1. The monoisotopic (exact) mass is 480 g/mol. The zero-order valence-electron chi connectivity index (χ0n) is 20.2. The summed E-state index contributed by atoms with van der Waals surface area (Å²) in [4.78, 5) is 17.4. The van der Waals surface area contributed by atoms with Gasteiger partial charge in [-0.25, -0.2) is 0 Å². The zero-order valence-corrected chi connectivity index (χ0v) is 20.9. The first-order valence-corrected chi connectivity index (χ1v) is 12.7. The number of hydrogen-bond donors (Lipinski definition) is 1. The van der Waals surface area contributed by atoms with Gasteiger partial charge in [0.1, 0.15) is 5.88 Å². The number of amides is 1. The number of rotatable bonds is 4. The maximum atomic E-state index is 13.0. The summed E-state index contributed by atoms with van der Waals surface area (Å²) in [6, 6.07) is 14.9. The van der Waals surface area contributed by atoms with Crippen molar-refractivity contribution in [3.05, 3.63) is 70.3 Å². The van der Waals surface area contributed by atoms with Crippen molar-refractivity contribution in [2.75, 3.05) is 37.1 Å². The number of morpholine rings is 1. The number of hydrogen-bond acceptors (Lipinski definition) is 4. The second kappa shape index (κ2) is 9.03. The Morgan fingerprint density at radius 1 is 1.15 bits per heavy atom. The van der Waals surface area contributed by atoms with E-state index in [0.29, 0.717) is 0 Å². The van der Waals surface area contributed by atoms with E-state index in [1.165, 1.54) is 28.0 Å². The van der Waals surface area contributed by atoms with Crippen molar-refractivity contribution in [2.45, 2.75) is 51.3 Å². The molecule has 1 saturated heterocycles. The Morgan fingerprint density at radius 2 is 1.85 bits per heavy atom. The van der Waals surface area contributed by atoms with Gasteiger partial charge in [0.15, 0.2) is 0 Å². The van der Waals surface area contributed by atoms with Crippen LogP contribution in [0.4, 0.5) is 5.69 Å². The van der Waals surface area contributed by atoms with E-state index >= 15 is 0 Å². The van der Waals surface area contributed by atoms with Crippen molar-refractivity contribution in [3.8, 4) is 0 Å². The highest BCUT2D eigenvalue weighted by Crippen LogP contribution is 2.49. The molecule has 2 heterocycles. The molecule has 2 aromatic rings. The Kier molecular flexibility index (Phi) is 6.21. The number of ether oxygens (including phenoxy) is 1. The minimum Gasteiger partial charge on any atom is -0.386 e. The Balaban J connectivity index is 1.56. The number of fused-ring (bicyclic) bond motifs is 2. The van der Waals surface area contributed by atoms with Crippen LogP contribution in [-0.4, -0.2) is 54.1 Å². The van der Waals surface area contributed by atoms with Gasteiger partial charge in [-0.1, -0.05) is 24.3 Å². The summed E-state index contributed by atoms with van der Waals surface area (Å²) in [6.07, 6.45) is 1.61. The number of carbonyl (C=O) groups excluding carboxylic acids is 1. The molecule has 0 spiro atoms. The van der Waals surface area contributed by atoms with Crippen molar-refractivity contribution < 1.29 is 14.6 Å². The SMILES string of the molecule is C[C@H]1CC2=C(Cc3ccc(C(C)(C)O)cc32)[C@H](c2ccc(N3CCOCC3)cc2)N1C(=O)CCl. The second-order valence-electron chi connectivity index (χ2n) is 10.2. The molecular weight excluding hydrogens is 448 g/mol. The summed E-state index contributed by atoms with van der Waals surface area (Å²) in [7, 11) is 0. The fourth-order valence-electron chi connectivity index (χ4n) is 5.71. The van der Waals surface area contributed by atoms with E-state index in [1.54, 1.807) is 0 Å². The first-order valence-electron chi connectivity index (χ1n) is 12.2. The van der Waals surface area contributed by atoms with Crippen LogP contribution < -0.4 is 4.90 Å². The van der Waals surface area contributed by atoms with Crippen LogP contribution in [0, 0.1) is 0 Å². The van der Waals surface area contributed by atoms with Crippen molar-refractivity contribution in [3.63, 3.8) is 0 Å². The molecule has 3 aliphatic rings. The Hall–Kier alpha value is -2.34. The zero-order chi connectivity index (χ0) is 24.0. The van der Waals surface area contributed by atoms with Crippen LogP contribution in [0.25, 0.3) is 5.57 Å². The van der Waals surface area contributed by atoms with Gasteiger partial charge in [-0.15, -0.1) is 11.6 Å². The number of anilines is 1. The van der Waals surface area contributed by atoms with E-state index in [4.69, 9.17) is 16.3 Å². The maximum absolute atomic E-state index is 13.0. The van der Waals surface area contributed by atoms with Crippen molar-refractivity contribution in [2.24, 2.45) is 0 Å². The molecule has 1 N–H and O–H groups in total. The third-order valence-electron chi connectivity index (χ3n) is 7.48. The summed E-state index contributed by atoms with van der Waals surface area (Å²) in [5.41, 5.74) is 7.39. The van der Waals surface area contributed by atoms with Crippen LogP contribution in [0.1, 0.15) is 55.5 Å².